The summed E-state index contributed by atoms with van der Waals surface area (Å²) in [5, 5.41) is 2.53. The number of aryl methyl sites for hydroxylation is 1. The standard InChI is InChI=1S/C19H22N2O4/c1-4-15-17(13(3)22)12(2)21-18(15)19(24)20-10-16(23)25-11-14-8-6-5-7-9-14/h5-9,21H,4,10-11H2,1-3H3,(H,20,24). The molecule has 25 heavy (non-hydrogen) atoms. The molecule has 1 heterocycles. The summed E-state index contributed by atoms with van der Waals surface area (Å²) in [4.78, 5) is 38.8. The number of aromatic nitrogens is 1. The Morgan fingerprint density at radius 3 is 2.44 bits per heavy atom. The number of carbonyl (C=O) groups excluding carboxylic acids is 3. The van der Waals surface area contributed by atoms with Crippen molar-refractivity contribution in [3.8, 4) is 0 Å². The van der Waals surface area contributed by atoms with Crippen LogP contribution in [0.3, 0.4) is 0 Å². The van der Waals surface area contributed by atoms with Crippen LogP contribution >= 0.6 is 0 Å². The molecular formula is C19H22N2O4. The lowest BCUT2D eigenvalue weighted by atomic mass is 10.0. The Labute approximate surface area is 146 Å². The first-order chi connectivity index (χ1) is 11.9. The van der Waals surface area contributed by atoms with E-state index in [1.807, 2.05) is 37.3 Å². The maximum atomic E-state index is 12.3. The quantitative estimate of drug-likeness (QED) is 0.598. The third-order valence-electron chi connectivity index (χ3n) is 3.86. The molecular weight excluding hydrogens is 320 g/mol. The smallest absolute Gasteiger partial charge is 0.325 e. The van der Waals surface area contributed by atoms with E-state index in [0.29, 0.717) is 28.9 Å². The van der Waals surface area contributed by atoms with Crippen molar-refractivity contribution in [1.29, 1.82) is 0 Å². The van der Waals surface area contributed by atoms with Gasteiger partial charge in [0.15, 0.2) is 5.78 Å². The molecule has 132 valence electrons. The number of ether oxygens (including phenoxy) is 1. The summed E-state index contributed by atoms with van der Waals surface area (Å²) in [5.74, 6) is -1.04. The SMILES string of the molecule is CCc1c(C(=O)NCC(=O)OCc2ccccc2)[nH]c(C)c1C(C)=O. The van der Waals surface area contributed by atoms with E-state index in [2.05, 4.69) is 10.3 Å². The third-order valence-corrected chi connectivity index (χ3v) is 3.86. The highest BCUT2D eigenvalue weighted by atomic mass is 16.5. The topological polar surface area (TPSA) is 88.3 Å². The van der Waals surface area contributed by atoms with Crippen molar-refractivity contribution in [2.45, 2.75) is 33.8 Å². The lowest BCUT2D eigenvalue weighted by molar-refractivity contribution is -0.143. The zero-order valence-corrected chi connectivity index (χ0v) is 14.6. The van der Waals surface area contributed by atoms with Gasteiger partial charge in [-0.25, -0.2) is 0 Å². The predicted octanol–water partition coefficient (Wildman–Crippen LogP) is 2.56. The van der Waals surface area contributed by atoms with Crippen molar-refractivity contribution in [2.75, 3.05) is 6.54 Å². The van der Waals surface area contributed by atoms with Gasteiger partial charge in [-0.1, -0.05) is 37.3 Å². The Kier molecular flexibility index (Phi) is 6.11. The van der Waals surface area contributed by atoms with Gasteiger partial charge in [-0.3, -0.25) is 14.4 Å². The van der Waals surface area contributed by atoms with Gasteiger partial charge in [0.1, 0.15) is 18.8 Å². The summed E-state index contributed by atoms with van der Waals surface area (Å²) in [6.45, 7) is 5.02. The second-order valence-electron chi connectivity index (χ2n) is 5.72. The van der Waals surface area contributed by atoms with Crippen LogP contribution in [0.15, 0.2) is 30.3 Å². The number of amides is 1. The fraction of sp³-hybridized carbons (Fsp3) is 0.316. The monoisotopic (exact) mass is 342 g/mol. The number of benzene rings is 1. The maximum Gasteiger partial charge on any atom is 0.325 e. The molecule has 0 aliphatic rings. The molecule has 0 fully saturated rings. The first-order valence-corrected chi connectivity index (χ1v) is 8.14. The summed E-state index contributed by atoms with van der Waals surface area (Å²) in [6.07, 6.45) is 0.542. The Bertz CT molecular complexity index is 778. The van der Waals surface area contributed by atoms with Gasteiger partial charge in [-0.15, -0.1) is 0 Å². The molecule has 0 aliphatic carbocycles. The Morgan fingerprint density at radius 2 is 1.84 bits per heavy atom. The molecule has 6 nitrogen and oxygen atoms in total. The van der Waals surface area contributed by atoms with Crippen LogP contribution in [0.1, 0.15) is 51.5 Å². The minimum absolute atomic E-state index is 0.0908. The molecule has 1 aromatic heterocycles. The van der Waals surface area contributed by atoms with Crippen molar-refractivity contribution in [3.05, 3.63) is 58.4 Å². The highest BCUT2D eigenvalue weighted by molar-refractivity contribution is 6.03. The van der Waals surface area contributed by atoms with Crippen molar-refractivity contribution in [3.63, 3.8) is 0 Å². The van der Waals surface area contributed by atoms with Gasteiger partial charge in [0.05, 0.1) is 0 Å². The van der Waals surface area contributed by atoms with Crippen LogP contribution in [0.2, 0.25) is 0 Å². The second-order valence-corrected chi connectivity index (χ2v) is 5.72. The summed E-state index contributed by atoms with van der Waals surface area (Å²) >= 11 is 0. The van der Waals surface area contributed by atoms with Gasteiger partial charge in [0.2, 0.25) is 0 Å². The van der Waals surface area contributed by atoms with E-state index in [-0.39, 0.29) is 18.9 Å². The molecule has 0 radical (unpaired) electrons. The van der Waals surface area contributed by atoms with Crippen LogP contribution in [-0.4, -0.2) is 29.2 Å². The molecule has 0 saturated heterocycles. The zero-order chi connectivity index (χ0) is 18.4. The van der Waals surface area contributed by atoms with Crippen LogP contribution < -0.4 is 5.32 Å². The molecule has 1 amide bonds. The highest BCUT2D eigenvalue weighted by Crippen LogP contribution is 2.20. The number of carbonyl (C=O) groups is 3. The van der Waals surface area contributed by atoms with Crippen LogP contribution in [0.25, 0.3) is 0 Å². The molecule has 2 N–H and O–H groups in total. The highest BCUT2D eigenvalue weighted by Gasteiger charge is 2.21. The number of hydrogen-bond acceptors (Lipinski definition) is 4. The average molecular weight is 342 g/mol. The van der Waals surface area contributed by atoms with Crippen molar-refractivity contribution in [1.82, 2.24) is 10.3 Å². The van der Waals surface area contributed by atoms with E-state index < -0.39 is 11.9 Å². The number of nitrogens with one attached hydrogen (secondary N) is 2. The number of H-pyrrole nitrogens is 1. The van der Waals surface area contributed by atoms with Gasteiger partial charge in [0, 0.05) is 11.3 Å². The van der Waals surface area contributed by atoms with Crippen LogP contribution in [0.5, 0.6) is 0 Å². The van der Waals surface area contributed by atoms with E-state index >= 15 is 0 Å². The molecule has 0 saturated carbocycles. The maximum absolute atomic E-state index is 12.3. The van der Waals surface area contributed by atoms with Crippen molar-refractivity contribution < 1.29 is 19.1 Å². The lowest BCUT2D eigenvalue weighted by Gasteiger charge is -2.07. The Hall–Kier alpha value is -2.89. The van der Waals surface area contributed by atoms with Gasteiger partial charge in [0.25, 0.3) is 5.91 Å². The van der Waals surface area contributed by atoms with E-state index in [4.69, 9.17) is 4.74 Å². The van der Waals surface area contributed by atoms with Crippen LogP contribution in [0.4, 0.5) is 0 Å². The second kappa shape index (κ2) is 8.28. The van der Waals surface area contributed by atoms with Gasteiger partial charge >= 0.3 is 5.97 Å². The molecule has 2 rings (SSSR count). The summed E-state index contributed by atoms with van der Waals surface area (Å²) in [6, 6.07) is 9.30. The molecule has 0 bridgehead atoms. The summed E-state index contributed by atoms with van der Waals surface area (Å²) < 4.78 is 5.12. The van der Waals surface area contributed by atoms with Gasteiger partial charge in [-0.05, 0) is 31.4 Å². The molecule has 0 aliphatic heterocycles. The lowest BCUT2D eigenvalue weighted by Crippen LogP contribution is -2.31. The fourth-order valence-corrected chi connectivity index (χ4v) is 2.73. The molecule has 1 aromatic carbocycles. The minimum Gasteiger partial charge on any atom is -0.460 e. The zero-order valence-electron chi connectivity index (χ0n) is 14.6. The van der Waals surface area contributed by atoms with Gasteiger partial charge < -0.3 is 15.0 Å². The molecule has 0 atom stereocenters. The average Bonchev–Trinajstić information content (AvgIpc) is 2.95. The number of esters is 1. The number of hydrogen-bond donors (Lipinski definition) is 2. The molecule has 6 heteroatoms. The first kappa shape index (κ1) is 18.4. The molecule has 0 spiro atoms. The van der Waals surface area contributed by atoms with Crippen molar-refractivity contribution in [2.24, 2.45) is 0 Å². The van der Waals surface area contributed by atoms with Crippen molar-refractivity contribution >= 4 is 17.7 Å². The van der Waals surface area contributed by atoms with E-state index in [0.717, 1.165) is 5.56 Å². The summed E-state index contributed by atoms with van der Waals surface area (Å²) in [5.41, 5.74) is 3.06. The van der Waals surface area contributed by atoms with E-state index in [9.17, 15) is 14.4 Å². The molecule has 0 unspecified atom stereocenters. The minimum atomic E-state index is -0.523. The number of Topliss-reactive ketones (excluding diaryl/α,β-unsaturated/α-hetero) is 1. The van der Waals surface area contributed by atoms with Crippen LogP contribution in [0, 0.1) is 6.92 Å². The Balaban J connectivity index is 1.95. The van der Waals surface area contributed by atoms with Gasteiger partial charge in [-0.2, -0.15) is 0 Å². The van der Waals surface area contributed by atoms with Crippen LogP contribution in [-0.2, 0) is 22.6 Å². The predicted molar refractivity (Wildman–Crippen MR) is 93.5 cm³/mol. The van der Waals surface area contributed by atoms with E-state index in [1.165, 1.54) is 6.92 Å². The normalized spacial score (nSPS) is 10.4. The third kappa shape index (κ3) is 4.56. The first-order valence-electron chi connectivity index (χ1n) is 8.14. The number of rotatable bonds is 7. The largest absolute Gasteiger partial charge is 0.460 e. The fourth-order valence-electron chi connectivity index (χ4n) is 2.73. The Morgan fingerprint density at radius 1 is 1.16 bits per heavy atom. The summed E-state index contributed by atoms with van der Waals surface area (Å²) in [7, 11) is 0. The molecule has 2 aromatic rings. The number of aromatic amines is 1. The number of ketones is 1. The van der Waals surface area contributed by atoms with E-state index in [1.54, 1.807) is 6.92 Å².